The predicted octanol–water partition coefficient (Wildman–Crippen LogP) is 3.15. The fourth-order valence-electron chi connectivity index (χ4n) is 1.64. The molecule has 1 saturated heterocycles. The molecule has 1 aromatic heterocycles. The Morgan fingerprint density at radius 2 is 2.06 bits per heavy atom. The van der Waals surface area contributed by atoms with E-state index in [1.54, 1.807) is 18.2 Å². The van der Waals surface area contributed by atoms with Crippen molar-refractivity contribution in [1.82, 2.24) is 15.5 Å². The summed E-state index contributed by atoms with van der Waals surface area (Å²) in [4.78, 5) is 4.35. The maximum absolute atomic E-state index is 6.08. The number of aromatic nitrogens is 2. The molecule has 4 nitrogen and oxygen atoms in total. The van der Waals surface area contributed by atoms with Gasteiger partial charge in [-0.3, -0.25) is 0 Å². The van der Waals surface area contributed by atoms with Crippen molar-refractivity contribution in [2.24, 2.45) is 0 Å². The van der Waals surface area contributed by atoms with Gasteiger partial charge in [-0.15, -0.1) is 12.4 Å². The smallest absolute Gasteiger partial charge is 0.259 e. The van der Waals surface area contributed by atoms with E-state index >= 15 is 0 Å². The van der Waals surface area contributed by atoms with Crippen LogP contribution in [0.5, 0.6) is 0 Å². The first kappa shape index (κ1) is 13.6. The number of rotatable bonds is 2. The van der Waals surface area contributed by atoms with E-state index in [9.17, 15) is 0 Å². The number of nitrogens with one attached hydrogen (secondary N) is 1. The third-order valence-corrected chi connectivity index (χ3v) is 3.30. The number of benzene rings is 1. The quantitative estimate of drug-likeness (QED) is 0.926. The van der Waals surface area contributed by atoms with E-state index in [1.807, 2.05) is 0 Å². The summed E-state index contributed by atoms with van der Waals surface area (Å²) in [5.74, 6) is 1.51. The van der Waals surface area contributed by atoms with Crippen LogP contribution in [0.1, 0.15) is 11.7 Å². The van der Waals surface area contributed by atoms with E-state index in [2.05, 4.69) is 15.5 Å². The monoisotopic (exact) mass is 305 g/mol. The molecule has 1 fully saturated rings. The molecule has 2 heterocycles. The van der Waals surface area contributed by atoms with E-state index < -0.39 is 0 Å². The van der Waals surface area contributed by atoms with Crippen LogP contribution in [0.4, 0.5) is 0 Å². The summed E-state index contributed by atoms with van der Waals surface area (Å²) in [6, 6.07) is 5.19. The zero-order valence-electron chi connectivity index (χ0n) is 9.19. The lowest BCUT2D eigenvalue weighted by molar-refractivity contribution is 0.382. The first-order valence-corrected chi connectivity index (χ1v) is 5.99. The van der Waals surface area contributed by atoms with Crippen LogP contribution in [-0.4, -0.2) is 23.2 Å². The molecule has 0 atom stereocenters. The summed E-state index contributed by atoms with van der Waals surface area (Å²) < 4.78 is 5.21. The molecule has 7 heteroatoms. The Morgan fingerprint density at radius 1 is 1.28 bits per heavy atom. The van der Waals surface area contributed by atoms with Crippen molar-refractivity contribution in [1.29, 1.82) is 0 Å². The van der Waals surface area contributed by atoms with Crippen molar-refractivity contribution in [2.75, 3.05) is 13.1 Å². The van der Waals surface area contributed by atoms with Gasteiger partial charge in [-0.25, -0.2) is 0 Å². The first-order chi connectivity index (χ1) is 8.24. The summed E-state index contributed by atoms with van der Waals surface area (Å²) in [5, 5.41) is 8.22. The average Bonchev–Trinajstić information content (AvgIpc) is 2.64. The van der Waals surface area contributed by atoms with E-state index in [1.165, 1.54) is 0 Å². The third kappa shape index (κ3) is 2.47. The highest BCUT2D eigenvalue weighted by Gasteiger charge is 2.25. The van der Waals surface area contributed by atoms with Gasteiger partial charge in [0.2, 0.25) is 0 Å². The van der Waals surface area contributed by atoms with Crippen LogP contribution in [-0.2, 0) is 0 Å². The molecule has 0 spiro atoms. The number of hydrogen-bond acceptors (Lipinski definition) is 4. The molecule has 3 rings (SSSR count). The Labute approximate surface area is 120 Å². The minimum atomic E-state index is 0. The summed E-state index contributed by atoms with van der Waals surface area (Å²) in [6.07, 6.45) is 0. The number of nitrogens with zero attached hydrogens (tertiary/aromatic N) is 2. The van der Waals surface area contributed by atoms with Crippen LogP contribution < -0.4 is 5.32 Å². The van der Waals surface area contributed by atoms with Gasteiger partial charge < -0.3 is 9.84 Å². The zero-order valence-corrected chi connectivity index (χ0v) is 11.5. The van der Waals surface area contributed by atoms with Crippen LogP contribution in [0.25, 0.3) is 11.5 Å². The van der Waals surface area contributed by atoms with Gasteiger partial charge >= 0.3 is 0 Å². The minimum absolute atomic E-state index is 0. The van der Waals surface area contributed by atoms with Gasteiger partial charge in [-0.2, -0.15) is 4.98 Å². The SMILES string of the molecule is Cl.Clc1ccc(-c2nc(C3CNC3)no2)c(Cl)c1. The predicted molar refractivity (Wildman–Crippen MR) is 72.6 cm³/mol. The number of hydrogen-bond donors (Lipinski definition) is 1. The van der Waals surface area contributed by atoms with Gasteiger partial charge in [0, 0.05) is 24.0 Å². The largest absolute Gasteiger partial charge is 0.334 e. The Balaban J connectivity index is 0.00000120. The van der Waals surface area contributed by atoms with Gasteiger partial charge in [0.15, 0.2) is 5.82 Å². The lowest BCUT2D eigenvalue weighted by Gasteiger charge is -2.23. The third-order valence-electron chi connectivity index (χ3n) is 2.75. The maximum atomic E-state index is 6.08. The van der Waals surface area contributed by atoms with Gasteiger partial charge in [0.1, 0.15) is 0 Å². The summed E-state index contributed by atoms with van der Waals surface area (Å²) in [6.45, 7) is 1.79. The standard InChI is InChI=1S/C11H9Cl2N3O.ClH/c12-7-1-2-8(9(13)3-7)11-15-10(16-17-11)6-4-14-5-6;/h1-3,6,14H,4-5H2;1H. The Kier molecular flexibility index (Phi) is 4.12. The van der Waals surface area contributed by atoms with Gasteiger partial charge in [-0.1, -0.05) is 28.4 Å². The van der Waals surface area contributed by atoms with Crippen molar-refractivity contribution in [3.63, 3.8) is 0 Å². The fraction of sp³-hybridized carbons (Fsp3) is 0.273. The number of halogens is 3. The van der Waals surface area contributed by atoms with Crippen LogP contribution >= 0.6 is 35.6 Å². The Bertz CT molecular complexity index is 554. The van der Waals surface area contributed by atoms with Crippen LogP contribution in [0.15, 0.2) is 22.7 Å². The van der Waals surface area contributed by atoms with Gasteiger partial charge in [-0.05, 0) is 18.2 Å². The van der Waals surface area contributed by atoms with Crippen molar-refractivity contribution in [3.8, 4) is 11.5 Å². The molecule has 1 aliphatic heterocycles. The summed E-state index contributed by atoms with van der Waals surface area (Å²) >= 11 is 11.9. The molecular formula is C11H10Cl3N3O. The normalized spacial score (nSPS) is 15.0. The zero-order chi connectivity index (χ0) is 11.8. The van der Waals surface area contributed by atoms with Crippen LogP contribution in [0.3, 0.4) is 0 Å². The van der Waals surface area contributed by atoms with E-state index in [4.69, 9.17) is 27.7 Å². The van der Waals surface area contributed by atoms with E-state index in [-0.39, 0.29) is 12.4 Å². The highest BCUT2D eigenvalue weighted by atomic mass is 35.5. The first-order valence-electron chi connectivity index (χ1n) is 5.24. The van der Waals surface area contributed by atoms with E-state index in [0.717, 1.165) is 18.9 Å². The van der Waals surface area contributed by atoms with Gasteiger partial charge in [0.25, 0.3) is 5.89 Å². The molecule has 1 aliphatic rings. The van der Waals surface area contributed by atoms with Crippen molar-refractivity contribution in [2.45, 2.75) is 5.92 Å². The molecule has 0 amide bonds. The molecule has 96 valence electrons. The maximum Gasteiger partial charge on any atom is 0.259 e. The molecule has 2 aromatic rings. The van der Waals surface area contributed by atoms with Crippen molar-refractivity contribution in [3.05, 3.63) is 34.1 Å². The molecule has 0 unspecified atom stereocenters. The second kappa shape index (κ2) is 5.45. The second-order valence-corrected chi connectivity index (χ2v) is 4.78. The molecule has 18 heavy (non-hydrogen) atoms. The highest BCUT2D eigenvalue weighted by Crippen LogP contribution is 2.30. The highest BCUT2D eigenvalue weighted by molar-refractivity contribution is 6.36. The molecule has 0 bridgehead atoms. The average molecular weight is 307 g/mol. The molecule has 0 saturated carbocycles. The van der Waals surface area contributed by atoms with Gasteiger partial charge in [0.05, 0.1) is 10.6 Å². The minimum Gasteiger partial charge on any atom is -0.334 e. The van der Waals surface area contributed by atoms with Crippen LogP contribution in [0.2, 0.25) is 10.0 Å². The Morgan fingerprint density at radius 3 is 2.67 bits per heavy atom. The molecule has 0 aliphatic carbocycles. The second-order valence-electron chi connectivity index (χ2n) is 3.94. The van der Waals surface area contributed by atoms with Crippen LogP contribution in [0, 0.1) is 0 Å². The molecule has 1 N–H and O–H groups in total. The topological polar surface area (TPSA) is 51.0 Å². The molecular weight excluding hydrogens is 296 g/mol. The van der Waals surface area contributed by atoms with E-state index in [0.29, 0.717) is 27.4 Å². The Hall–Kier alpha value is -0.810. The summed E-state index contributed by atoms with van der Waals surface area (Å²) in [5.41, 5.74) is 0.710. The van der Waals surface area contributed by atoms with Crippen molar-refractivity contribution >= 4 is 35.6 Å². The lowest BCUT2D eigenvalue weighted by atomic mass is 10.0. The summed E-state index contributed by atoms with van der Waals surface area (Å²) in [7, 11) is 0. The fourth-order valence-corrected chi connectivity index (χ4v) is 2.13. The lowest BCUT2D eigenvalue weighted by Crippen LogP contribution is -2.40. The molecule has 0 radical (unpaired) electrons. The molecule has 1 aromatic carbocycles. The van der Waals surface area contributed by atoms with Crippen molar-refractivity contribution < 1.29 is 4.52 Å².